The van der Waals surface area contributed by atoms with Crippen molar-refractivity contribution in [1.82, 2.24) is 20.2 Å². The molecule has 0 unspecified atom stereocenters. The number of hydrogen-bond acceptors (Lipinski definition) is 5. The van der Waals surface area contributed by atoms with E-state index in [2.05, 4.69) is 36.8 Å². The highest BCUT2D eigenvalue weighted by atomic mass is 79.9. The van der Waals surface area contributed by atoms with Crippen LogP contribution in [0.25, 0.3) is 23.2 Å². The summed E-state index contributed by atoms with van der Waals surface area (Å²) in [5.74, 6) is 0.586. The SMILES string of the molecule is O=C(Nc1ccc(Br)cc1)/C(=C/c1ccco1)n1nnnc1-c1ccccc1. The van der Waals surface area contributed by atoms with E-state index in [-0.39, 0.29) is 11.6 Å². The molecule has 0 aliphatic rings. The third kappa shape index (κ3) is 3.91. The molecule has 8 heteroatoms. The smallest absolute Gasteiger partial charge is 0.274 e. The van der Waals surface area contributed by atoms with Gasteiger partial charge in [0.15, 0.2) is 5.82 Å². The monoisotopic (exact) mass is 435 g/mol. The zero-order valence-corrected chi connectivity index (χ0v) is 16.1. The van der Waals surface area contributed by atoms with Crippen molar-refractivity contribution in [3.05, 3.63) is 83.2 Å². The highest BCUT2D eigenvalue weighted by Crippen LogP contribution is 2.22. The van der Waals surface area contributed by atoms with Crippen LogP contribution in [-0.4, -0.2) is 26.1 Å². The van der Waals surface area contributed by atoms with Crippen molar-refractivity contribution in [2.75, 3.05) is 5.32 Å². The topological polar surface area (TPSA) is 85.8 Å². The molecular formula is C20H14BrN5O2. The molecule has 2 heterocycles. The average molecular weight is 436 g/mol. The van der Waals surface area contributed by atoms with E-state index < -0.39 is 0 Å². The zero-order chi connectivity index (χ0) is 19.3. The predicted octanol–water partition coefficient (Wildman–Crippen LogP) is 4.33. The summed E-state index contributed by atoms with van der Waals surface area (Å²) in [5.41, 5.74) is 1.66. The van der Waals surface area contributed by atoms with Gasteiger partial charge in [-0.25, -0.2) is 0 Å². The molecule has 0 atom stereocenters. The number of furan rings is 1. The Morgan fingerprint density at radius 2 is 1.82 bits per heavy atom. The highest BCUT2D eigenvalue weighted by molar-refractivity contribution is 9.10. The maximum atomic E-state index is 13.1. The number of benzene rings is 2. The lowest BCUT2D eigenvalue weighted by atomic mass is 10.2. The Labute approximate surface area is 168 Å². The number of halogens is 1. The first-order valence-electron chi connectivity index (χ1n) is 8.37. The molecule has 7 nitrogen and oxygen atoms in total. The van der Waals surface area contributed by atoms with Crippen molar-refractivity contribution in [3.63, 3.8) is 0 Å². The van der Waals surface area contributed by atoms with E-state index in [9.17, 15) is 4.79 Å². The van der Waals surface area contributed by atoms with Gasteiger partial charge in [0.05, 0.1) is 6.26 Å². The Balaban J connectivity index is 1.74. The van der Waals surface area contributed by atoms with Crippen LogP contribution in [0.3, 0.4) is 0 Å². The molecule has 1 amide bonds. The van der Waals surface area contributed by atoms with Crippen molar-refractivity contribution in [1.29, 1.82) is 0 Å². The molecule has 0 spiro atoms. The molecule has 2 aromatic heterocycles. The maximum Gasteiger partial charge on any atom is 0.274 e. The molecule has 0 fully saturated rings. The standard InChI is InChI=1S/C20H14BrN5O2/c21-15-8-10-16(11-9-15)22-20(27)18(13-17-7-4-12-28-17)26-19(23-24-25-26)14-5-2-1-3-6-14/h1-13H,(H,22,27)/b18-13-. The van der Waals surface area contributed by atoms with Crippen molar-refractivity contribution >= 4 is 39.3 Å². The summed E-state index contributed by atoms with van der Waals surface area (Å²) in [7, 11) is 0. The first-order valence-corrected chi connectivity index (χ1v) is 9.16. The molecule has 0 aliphatic heterocycles. The molecule has 0 saturated heterocycles. The van der Waals surface area contributed by atoms with Crippen molar-refractivity contribution in [2.45, 2.75) is 0 Å². The number of tetrazole rings is 1. The minimum absolute atomic E-state index is 0.224. The average Bonchev–Trinajstić information content (AvgIpc) is 3.40. The first kappa shape index (κ1) is 17.9. The van der Waals surface area contributed by atoms with E-state index in [4.69, 9.17) is 4.42 Å². The van der Waals surface area contributed by atoms with Crippen LogP contribution in [0.4, 0.5) is 5.69 Å². The molecule has 4 aromatic rings. The molecule has 1 N–H and O–H groups in total. The number of nitrogens with zero attached hydrogens (tertiary/aromatic N) is 4. The second kappa shape index (κ2) is 8.01. The van der Waals surface area contributed by atoms with Gasteiger partial charge in [0.25, 0.3) is 5.91 Å². The second-order valence-corrected chi connectivity index (χ2v) is 6.70. The van der Waals surface area contributed by atoms with Gasteiger partial charge in [-0.1, -0.05) is 46.3 Å². The summed E-state index contributed by atoms with van der Waals surface area (Å²) >= 11 is 3.38. The summed E-state index contributed by atoms with van der Waals surface area (Å²) in [6.07, 6.45) is 3.13. The van der Waals surface area contributed by atoms with E-state index in [0.717, 1.165) is 10.0 Å². The lowest BCUT2D eigenvalue weighted by Crippen LogP contribution is -2.19. The molecule has 0 radical (unpaired) electrons. The van der Waals surface area contributed by atoms with Gasteiger partial charge in [-0.05, 0) is 46.8 Å². The Bertz CT molecular complexity index is 1100. The minimum Gasteiger partial charge on any atom is -0.465 e. The van der Waals surface area contributed by atoms with Gasteiger partial charge in [-0.3, -0.25) is 4.79 Å². The fraction of sp³-hybridized carbons (Fsp3) is 0. The molecular weight excluding hydrogens is 422 g/mol. The fourth-order valence-corrected chi connectivity index (χ4v) is 2.84. The van der Waals surface area contributed by atoms with Crippen LogP contribution in [0.1, 0.15) is 5.76 Å². The predicted molar refractivity (Wildman–Crippen MR) is 109 cm³/mol. The van der Waals surface area contributed by atoms with Gasteiger partial charge < -0.3 is 9.73 Å². The summed E-state index contributed by atoms with van der Waals surface area (Å²) in [6.45, 7) is 0. The Morgan fingerprint density at radius 3 is 2.54 bits per heavy atom. The number of carbonyl (C=O) groups is 1. The largest absolute Gasteiger partial charge is 0.465 e. The number of amides is 1. The van der Waals surface area contributed by atoms with Crippen molar-refractivity contribution < 1.29 is 9.21 Å². The van der Waals surface area contributed by atoms with Gasteiger partial charge >= 0.3 is 0 Å². The molecule has 138 valence electrons. The van der Waals surface area contributed by atoms with Crippen molar-refractivity contribution in [3.8, 4) is 11.4 Å². The third-order valence-electron chi connectivity index (χ3n) is 3.89. The van der Waals surface area contributed by atoms with Crippen LogP contribution in [0.2, 0.25) is 0 Å². The number of hydrogen-bond donors (Lipinski definition) is 1. The summed E-state index contributed by atoms with van der Waals surface area (Å²) in [6, 6.07) is 20.2. The molecule has 28 heavy (non-hydrogen) atoms. The summed E-state index contributed by atoms with van der Waals surface area (Å²) < 4.78 is 7.69. The van der Waals surface area contributed by atoms with E-state index >= 15 is 0 Å². The van der Waals surface area contributed by atoms with E-state index in [1.165, 1.54) is 10.9 Å². The fourth-order valence-electron chi connectivity index (χ4n) is 2.58. The maximum absolute atomic E-state index is 13.1. The first-order chi connectivity index (χ1) is 13.7. The summed E-state index contributed by atoms with van der Waals surface area (Å²) in [5, 5.41) is 14.7. The summed E-state index contributed by atoms with van der Waals surface area (Å²) in [4.78, 5) is 13.1. The van der Waals surface area contributed by atoms with Crippen LogP contribution >= 0.6 is 15.9 Å². The number of nitrogens with one attached hydrogen (secondary N) is 1. The van der Waals surface area contributed by atoms with E-state index in [0.29, 0.717) is 17.3 Å². The zero-order valence-electron chi connectivity index (χ0n) is 14.5. The number of anilines is 1. The van der Waals surface area contributed by atoms with Crippen molar-refractivity contribution in [2.24, 2.45) is 0 Å². The van der Waals surface area contributed by atoms with Gasteiger partial charge in [-0.15, -0.1) is 5.10 Å². The molecule has 0 saturated carbocycles. The Hall–Kier alpha value is -3.52. The van der Waals surface area contributed by atoms with E-state index in [1.54, 1.807) is 30.3 Å². The molecule has 0 bridgehead atoms. The van der Waals surface area contributed by atoms with E-state index in [1.807, 2.05) is 42.5 Å². The van der Waals surface area contributed by atoms with Crippen LogP contribution in [0, 0.1) is 0 Å². The lowest BCUT2D eigenvalue weighted by Gasteiger charge is -2.10. The third-order valence-corrected chi connectivity index (χ3v) is 4.42. The van der Waals surface area contributed by atoms with Crippen LogP contribution in [-0.2, 0) is 4.79 Å². The van der Waals surface area contributed by atoms with Gasteiger partial charge in [0, 0.05) is 21.8 Å². The lowest BCUT2D eigenvalue weighted by molar-refractivity contribution is -0.111. The molecule has 2 aromatic carbocycles. The molecule has 4 rings (SSSR count). The normalized spacial score (nSPS) is 11.4. The molecule has 0 aliphatic carbocycles. The minimum atomic E-state index is -0.372. The Morgan fingerprint density at radius 1 is 1.04 bits per heavy atom. The van der Waals surface area contributed by atoms with Crippen LogP contribution in [0.15, 0.2) is 81.9 Å². The number of carbonyl (C=O) groups excluding carboxylic acids is 1. The van der Waals surface area contributed by atoms with Gasteiger partial charge in [0.1, 0.15) is 11.5 Å². The van der Waals surface area contributed by atoms with Gasteiger partial charge in [-0.2, -0.15) is 4.68 Å². The highest BCUT2D eigenvalue weighted by Gasteiger charge is 2.20. The second-order valence-electron chi connectivity index (χ2n) is 5.79. The Kier molecular flexibility index (Phi) is 5.11. The number of rotatable bonds is 5. The van der Waals surface area contributed by atoms with Gasteiger partial charge in [0.2, 0.25) is 0 Å². The number of aromatic nitrogens is 4. The quantitative estimate of drug-likeness (QED) is 0.471. The van der Waals surface area contributed by atoms with Crippen LogP contribution in [0.5, 0.6) is 0 Å². The van der Waals surface area contributed by atoms with Crippen LogP contribution < -0.4 is 5.32 Å².